The normalized spacial score (nSPS) is 15.1. The van der Waals surface area contributed by atoms with Crippen molar-refractivity contribution in [2.75, 3.05) is 19.0 Å². The minimum absolute atomic E-state index is 0.120. The van der Waals surface area contributed by atoms with E-state index in [4.69, 9.17) is 26.0 Å². The average molecular weight is 550 g/mol. The van der Waals surface area contributed by atoms with Crippen LogP contribution in [0.5, 0.6) is 5.75 Å². The number of fused-ring (bicyclic) bond motifs is 1. The first kappa shape index (κ1) is 26.4. The lowest BCUT2D eigenvalue weighted by Gasteiger charge is -2.25. The SMILES string of the molecule is [C-]#[N+]c1cccc(Cc2cc(Nc3cccc(-c4nc(C)nn4C)c3OC)c3nc(C)n(C4CCCCO4)c3n2)n1. The monoisotopic (exact) mass is 549 g/mol. The number of aryl methyl sites for hydroxylation is 3. The molecule has 1 fully saturated rings. The highest BCUT2D eigenvalue weighted by molar-refractivity contribution is 5.91. The fraction of sp³-hybridized carbons (Fsp3) is 0.333. The molecule has 41 heavy (non-hydrogen) atoms. The third kappa shape index (κ3) is 5.10. The zero-order valence-electron chi connectivity index (χ0n) is 23.5. The van der Waals surface area contributed by atoms with Crippen molar-refractivity contribution in [3.8, 4) is 17.1 Å². The minimum Gasteiger partial charge on any atom is -0.494 e. The van der Waals surface area contributed by atoms with Crippen LogP contribution in [-0.4, -0.2) is 48.0 Å². The second-order valence-corrected chi connectivity index (χ2v) is 10.1. The number of rotatable bonds is 7. The number of nitrogens with one attached hydrogen (secondary N) is 1. The Morgan fingerprint density at radius 3 is 2.63 bits per heavy atom. The zero-order valence-corrected chi connectivity index (χ0v) is 23.5. The van der Waals surface area contributed by atoms with Crippen LogP contribution in [0.15, 0.2) is 42.5 Å². The summed E-state index contributed by atoms with van der Waals surface area (Å²) in [6.45, 7) is 11.9. The van der Waals surface area contributed by atoms with Crippen molar-refractivity contribution in [3.63, 3.8) is 0 Å². The fourth-order valence-corrected chi connectivity index (χ4v) is 5.42. The van der Waals surface area contributed by atoms with Gasteiger partial charge >= 0.3 is 0 Å². The van der Waals surface area contributed by atoms with Crippen LogP contribution in [0.1, 0.15) is 48.5 Å². The number of nitrogens with zero attached hydrogens (tertiary/aromatic N) is 8. The summed E-state index contributed by atoms with van der Waals surface area (Å²) < 4.78 is 15.9. The van der Waals surface area contributed by atoms with Crippen molar-refractivity contribution in [2.45, 2.75) is 45.8 Å². The van der Waals surface area contributed by atoms with Gasteiger partial charge in [0.25, 0.3) is 5.82 Å². The molecule has 1 aromatic carbocycles. The van der Waals surface area contributed by atoms with Crippen LogP contribution in [0.2, 0.25) is 0 Å². The summed E-state index contributed by atoms with van der Waals surface area (Å²) in [5, 5.41) is 8.00. The predicted octanol–water partition coefficient (Wildman–Crippen LogP) is 5.83. The summed E-state index contributed by atoms with van der Waals surface area (Å²) >= 11 is 0. The standard InChI is InChI=1S/C30H31N9O2/c1-18-32-29(38(4)37-18)22-11-9-12-23(28(22)40-5)36-24-17-21(16-20-10-8-13-25(31-3)34-20)35-30-27(24)33-19(2)39(30)26-14-6-7-15-41-26/h8-13,17,26H,6-7,14-16H2,1-2,4-5H3,(H,35,36). The molecular weight excluding hydrogens is 518 g/mol. The maximum Gasteiger partial charge on any atom is 0.269 e. The van der Waals surface area contributed by atoms with Crippen molar-refractivity contribution in [1.29, 1.82) is 0 Å². The Kier molecular flexibility index (Phi) is 7.07. The van der Waals surface area contributed by atoms with Crippen LogP contribution in [0.3, 0.4) is 0 Å². The Hall–Kier alpha value is -4.82. The summed E-state index contributed by atoms with van der Waals surface area (Å²) in [6.07, 6.45) is 3.39. The summed E-state index contributed by atoms with van der Waals surface area (Å²) in [6, 6.07) is 13.4. The lowest BCUT2D eigenvalue weighted by Crippen LogP contribution is -2.19. The highest BCUT2D eigenvalue weighted by Crippen LogP contribution is 2.39. The van der Waals surface area contributed by atoms with E-state index in [1.54, 1.807) is 17.9 Å². The number of ether oxygens (including phenoxy) is 2. The van der Waals surface area contributed by atoms with Gasteiger partial charge in [-0.25, -0.2) is 19.6 Å². The van der Waals surface area contributed by atoms with Gasteiger partial charge in [-0.05, 0) is 63.4 Å². The molecule has 1 unspecified atom stereocenters. The van der Waals surface area contributed by atoms with Gasteiger partial charge in [-0.1, -0.05) is 18.7 Å². The van der Waals surface area contributed by atoms with E-state index in [9.17, 15) is 0 Å². The number of benzene rings is 1. The van der Waals surface area contributed by atoms with E-state index in [1.165, 1.54) is 0 Å². The van der Waals surface area contributed by atoms with Gasteiger partial charge in [0.2, 0.25) is 0 Å². The van der Waals surface area contributed by atoms with Gasteiger partial charge in [0.05, 0.1) is 36.2 Å². The van der Waals surface area contributed by atoms with Crippen molar-refractivity contribution >= 4 is 28.4 Å². The number of methoxy groups -OCH3 is 1. The van der Waals surface area contributed by atoms with Crippen LogP contribution in [0, 0.1) is 20.4 Å². The molecule has 0 aliphatic carbocycles. The largest absolute Gasteiger partial charge is 0.494 e. The first-order valence-corrected chi connectivity index (χ1v) is 13.6. The number of imidazole rings is 1. The van der Waals surface area contributed by atoms with E-state index in [1.807, 2.05) is 57.3 Å². The fourth-order valence-electron chi connectivity index (χ4n) is 5.42. The number of aromatic nitrogens is 7. The Balaban J connectivity index is 1.48. The molecule has 11 heteroatoms. The molecule has 1 aliphatic heterocycles. The van der Waals surface area contributed by atoms with Gasteiger partial charge in [0.15, 0.2) is 17.2 Å². The molecule has 4 aromatic heterocycles. The van der Waals surface area contributed by atoms with Gasteiger partial charge in [-0.3, -0.25) is 4.57 Å². The molecule has 1 atom stereocenters. The summed E-state index contributed by atoms with van der Waals surface area (Å²) in [7, 11) is 3.52. The molecule has 5 aromatic rings. The number of para-hydroxylation sites is 1. The van der Waals surface area contributed by atoms with Gasteiger partial charge in [0.1, 0.15) is 29.1 Å². The molecule has 208 valence electrons. The maximum atomic E-state index is 7.35. The highest BCUT2D eigenvalue weighted by atomic mass is 16.5. The van der Waals surface area contributed by atoms with E-state index >= 15 is 0 Å². The van der Waals surface area contributed by atoms with E-state index < -0.39 is 0 Å². The van der Waals surface area contributed by atoms with Gasteiger partial charge in [-0.15, -0.1) is 4.98 Å². The number of pyridine rings is 2. The van der Waals surface area contributed by atoms with E-state index in [2.05, 4.69) is 29.8 Å². The molecule has 6 rings (SSSR count). The smallest absolute Gasteiger partial charge is 0.269 e. The zero-order chi connectivity index (χ0) is 28.5. The topological polar surface area (TPSA) is 109 Å². The minimum atomic E-state index is -0.120. The summed E-state index contributed by atoms with van der Waals surface area (Å²) in [5.74, 6) is 3.24. The molecule has 0 bridgehead atoms. The molecular formula is C30H31N9O2. The summed E-state index contributed by atoms with van der Waals surface area (Å²) in [5.41, 5.74) is 5.42. The van der Waals surface area contributed by atoms with Gasteiger partial charge in [0, 0.05) is 13.7 Å². The van der Waals surface area contributed by atoms with Crippen LogP contribution >= 0.6 is 0 Å². The lowest BCUT2D eigenvalue weighted by atomic mass is 10.1. The molecule has 0 saturated carbocycles. The third-order valence-corrected chi connectivity index (χ3v) is 7.19. The molecule has 1 aliphatic rings. The van der Waals surface area contributed by atoms with Crippen molar-refractivity contribution in [2.24, 2.45) is 7.05 Å². The number of anilines is 2. The summed E-state index contributed by atoms with van der Waals surface area (Å²) in [4.78, 5) is 22.6. The van der Waals surface area contributed by atoms with E-state index in [0.717, 1.165) is 64.6 Å². The quantitative estimate of drug-likeness (QED) is 0.253. The Morgan fingerprint density at radius 2 is 1.90 bits per heavy atom. The molecule has 1 N–H and O–H groups in total. The van der Waals surface area contributed by atoms with Crippen LogP contribution in [-0.2, 0) is 18.2 Å². The van der Waals surface area contributed by atoms with E-state index in [0.29, 0.717) is 36.2 Å². The van der Waals surface area contributed by atoms with Crippen LogP contribution < -0.4 is 10.1 Å². The first-order chi connectivity index (χ1) is 19.9. The Labute approximate surface area is 238 Å². The first-order valence-electron chi connectivity index (χ1n) is 13.6. The van der Waals surface area contributed by atoms with E-state index in [-0.39, 0.29) is 6.23 Å². The van der Waals surface area contributed by atoms with Crippen LogP contribution in [0.4, 0.5) is 17.2 Å². The molecule has 0 amide bonds. The van der Waals surface area contributed by atoms with Crippen molar-refractivity contribution in [1.82, 2.24) is 34.3 Å². The number of hydrogen-bond acceptors (Lipinski definition) is 8. The van der Waals surface area contributed by atoms with Crippen LogP contribution in [0.25, 0.3) is 27.4 Å². The lowest BCUT2D eigenvalue weighted by molar-refractivity contribution is -0.0309. The molecule has 0 spiro atoms. The van der Waals surface area contributed by atoms with Gasteiger partial charge < -0.3 is 19.6 Å². The second-order valence-electron chi connectivity index (χ2n) is 10.1. The molecule has 11 nitrogen and oxygen atoms in total. The van der Waals surface area contributed by atoms with Crippen molar-refractivity contribution < 1.29 is 9.47 Å². The molecule has 0 radical (unpaired) electrons. The molecule has 5 heterocycles. The van der Waals surface area contributed by atoms with Gasteiger partial charge in [-0.2, -0.15) is 5.10 Å². The predicted molar refractivity (Wildman–Crippen MR) is 155 cm³/mol. The Morgan fingerprint density at radius 1 is 1.05 bits per heavy atom. The van der Waals surface area contributed by atoms with Crippen molar-refractivity contribution in [3.05, 3.63) is 76.9 Å². The average Bonchev–Trinajstić information content (AvgIpc) is 3.50. The maximum absolute atomic E-state index is 7.35. The second kappa shape index (κ2) is 11.0. The number of hydrogen-bond donors (Lipinski definition) is 1. The third-order valence-electron chi connectivity index (χ3n) is 7.19. The highest BCUT2D eigenvalue weighted by Gasteiger charge is 2.24. The molecule has 1 saturated heterocycles. The Bertz CT molecular complexity index is 1780.